The second kappa shape index (κ2) is 6.76. The monoisotopic (exact) mass is 347 g/mol. The SMILES string of the molecule is NC(=O)NC1CCOc2c(C(=O)Nc3ccc(F)c(F)c3)cccc21. The summed E-state index contributed by atoms with van der Waals surface area (Å²) in [4.78, 5) is 23.6. The van der Waals surface area contributed by atoms with Crippen LogP contribution in [-0.2, 0) is 0 Å². The molecule has 0 bridgehead atoms. The molecule has 6 nitrogen and oxygen atoms in total. The Morgan fingerprint density at radius 2 is 1.96 bits per heavy atom. The van der Waals surface area contributed by atoms with Crippen molar-refractivity contribution >= 4 is 17.6 Å². The molecule has 1 heterocycles. The van der Waals surface area contributed by atoms with Gasteiger partial charge in [-0.15, -0.1) is 0 Å². The average molecular weight is 347 g/mol. The average Bonchev–Trinajstić information content (AvgIpc) is 2.57. The van der Waals surface area contributed by atoms with Gasteiger partial charge < -0.3 is 21.1 Å². The number of amides is 3. The Balaban J connectivity index is 1.88. The molecule has 0 aliphatic carbocycles. The Bertz CT molecular complexity index is 842. The zero-order valence-electron chi connectivity index (χ0n) is 13.0. The second-order valence-corrected chi connectivity index (χ2v) is 5.51. The lowest BCUT2D eigenvalue weighted by Crippen LogP contribution is -2.36. The fourth-order valence-electron chi connectivity index (χ4n) is 2.70. The van der Waals surface area contributed by atoms with Crippen LogP contribution < -0.4 is 21.1 Å². The smallest absolute Gasteiger partial charge is 0.312 e. The minimum atomic E-state index is -1.06. The number of nitrogens with one attached hydrogen (secondary N) is 2. The van der Waals surface area contributed by atoms with Crippen LogP contribution in [0.3, 0.4) is 0 Å². The third-order valence-corrected chi connectivity index (χ3v) is 3.81. The van der Waals surface area contributed by atoms with E-state index in [1.54, 1.807) is 18.2 Å². The van der Waals surface area contributed by atoms with E-state index in [9.17, 15) is 18.4 Å². The molecule has 130 valence electrons. The van der Waals surface area contributed by atoms with Gasteiger partial charge in [0.05, 0.1) is 18.2 Å². The van der Waals surface area contributed by atoms with Crippen molar-refractivity contribution in [3.05, 3.63) is 59.2 Å². The van der Waals surface area contributed by atoms with Crippen molar-refractivity contribution in [3.8, 4) is 5.75 Å². The van der Waals surface area contributed by atoms with Crippen molar-refractivity contribution in [3.63, 3.8) is 0 Å². The standard InChI is InChI=1S/C17H15F2N3O3/c18-12-5-4-9(8-13(12)19)21-16(23)11-3-1-2-10-14(22-17(20)24)6-7-25-15(10)11/h1-5,8,14H,6-7H2,(H,21,23)(H3,20,22,24). The van der Waals surface area contributed by atoms with Gasteiger partial charge in [0.1, 0.15) is 5.75 Å². The van der Waals surface area contributed by atoms with E-state index < -0.39 is 23.6 Å². The minimum absolute atomic E-state index is 0.115. The van der Waals surface area contributed by atoms with Gasteiger partial charge in [0.25, 0.3) is 5.91 Å². The summed E-state index contributed by atoms with van der Waals surface area (Å²) in [6.07, 6.45) is 0.518. The Morgan fingerprint density at radius 1 is 1.16 bits per heavy atom. The predicted molar refractivity (Wildman–Crippen MR) is 86.3 cm³/mol. The van der Waals surface area contributed by atoms with Crippen LogP contribution in [0.5, 0.6) is 5.75 Å². The fraction of sp³-hybridized carbons (Fsp3) is 0.176. The summed E-state index contributed by atoms with van der Waals surface area (Å²) in [6.45, 7) is 0.299. The van der Waals surface area contributed by atoms with E-state index in [4.69, 9.17) is 10.5 Å². The number of anilines is 1. The van der Waals surface area contributed by atoms with Crippen molar-refractivity contribution < 1.29 is 23.1 Å². The van der Waals surface area contributed by atoms with Crippen molar-refractivity contribution in [2.75, 3.05) is 11.9 Å². The first-order chi connectivity index (χ1) is 12.0. The third-order valence-electron chi connectivity index (χ3n) is 3.81. The van der Waals surface area contributed by atoms with E-state index in [1.807, 2.05) is 0 Å². The van der Waals surface area contributed by atoms with Gasteiger partial charge >= 0.3 is 6.03 Å². The topological polar surface area (TPSA) is 93.5 Å². The molecule has 3 amide bonds. The van der Waals surface area contributed by atoms with Crippen LogP contribution >= 0.6 is 0 Å². The lowest BCUT2D eigenvalue weighted by molar-refractivity contribution is 0.102. The molecule has 3 rings (SSSR count). The van der Waals surface area contributed by atoms with Crippen LogP contribution in [0.25, 0.3) is 0 Å². The van der Waals surface area contributed by atoms with Crippen LogP contribution in [0.4, 0.5) is 19.3 Å². The number of ether oxygens (including phenoxy) is 1. The highest BCUT2D eigenvalue weighted by molar-refractivity contribution is 6.06. The molecule has 0 radical (unpaired) electrons. The predicted octanol–water partition coefficient (Wildman–Crippen LogP) is 2.71. The largest absolute Gasteiger partial charge is 0.492 e. The Morgan fingerprint density at radius 3 is 2.68 bits per heavy atom. The van der Waals surface area contributed by atoms with Gasteiger partial charge in [0.2, 0.25) is 0 Å². The fourth-order valence-corrected chi connectivity index (χ4v) is 2.70. The van der Waals surface area contributed by atoms with Crippen molar-refractivity contribution in [1.82, 2.24) is 5.32 Å². The molecule has 0 saturated carbocycles. The maximum absolute atomic E-state index is 13.3. The lowest BCUT2D eigenvalue weighted by atomic mass is 9.97. The molecular weight excluding hydrogens is 332 g/mol. The van der Waals surface area contributed by atoms with E-state index in [2.05, 4.69) is 10.6 Å². The molecule has 25 heavy (non-hydrogen) atoms. The van der Waals surface area contributed by atoms with Crippen LogP contribution in [0.15, 0.2) is 36.4 Å². The van der Waals surface area contributed by atoms with E-state index in [0.29, 0.717) is 24.3 Å². The minimum Gasteiger partial charge on any atom is -0.492 e. The number of urea groups is 1. The number of hydrogen-bond donors (Lipinski definition) is 3. The molecule has 0 spiro atoms. The first-order valence-electron chi connectivity index (χ1n) is 7.54. The summed E-state index contributed by atoms with van der Waals surface area (Å²) in [7, 11) is 0. The number of hydrogen-bond acceptors (Lipinski definition) is 3. The zero-order chi connectivity index (χ0) is 18.0. The van der Waals surface area contributed by atoms with Crippen molar-refractivity contribution in [2.24, 2.45) is 5.73 Å². The molecule has 0 saturated heterocycles. The normalized spacial score (nSPS) is 15.7. The van der Waals surface area contributed by atoms with E-state index in [-0.39, 0.29) is 17.3 Å². The van der Waals surface area contributed by atoms with Crippen molar-refractivity contribution in [2.45, 2.75) is 12.5 Å². The highest BCUT2D eigenvalue weighted by atomic mass is 19.2. The maximum Gasteiger partial charge on any atom is 0.312 e. The molecular formula is C17H15F2N3O3. The molecule has 2 aromatic rings. The zero-order valence-corrected chi connectivity index (χ0v) is 13.0. The molecule has 0 aromatic heterocycles. The summed E-state index contributed by atoms with van der Waals surface area (Å²) in [5, 5.41) is 5.10. The number of fused-ring (bicyclic) bond motifs is 1. The molecule has 4 N–H and O–H groups in total. The molecule has 1 aliphatic heterocycles. The van der Waals surface area contributed by atoms with E-state index >= 15 is 0 Å². The Kier molecular flexibility index (Phi) is 4.51. The summed E-state index contributed by atoms with van der Waals surface area (Å²) in [5.41, 5.74) is 6.13. The highest BCUT2D eigenvalue weighted by Crippen LogP contribution is 2.35. The number of halogens is 2. The number of primary amides is 1. The quantitative estimate of drug-likeness (QED) is 0.797. The molecule has 1 unspecified atom stereocenters. The summed E-state index contributed by atoms with van der Waals surface area (Å²) < 4.78 is 31.8. The second-order valence-electron chi connectivity index (χ2n) is 5.51. The Labute approximate surface area is 142 Å². The number of carbonyl (C=O) groups is 2. The van der Waals surface area contributed by atoms with Gasteiger partial charge in [-0.3, -0.25) is 4.79 Å². The number of para-hydroxylation sites is 1. The van der Waals surface area contributed by atoms with Gasteiger partial charge in [0.15, 0.2) is 11.6 Å². The molecule has 8 heteroatoms. The van der Waals surface area contributed by atoms with Gasteiger partial charge in [0, 0.05) is 23.7 Å². The molecule has 0 fully saturated rings. The maximum atomic E-state index is 13.3. The number of carbonyl (C=O) groups excluding carboxylic acids is 2. The highest BCUT2D eigenvalue weighted by Gasteiger charge is 2.26. The van der Waals surface area contributed by atoms with Gasteiger partial charge in [-0.2, -0.15) is 0 Å². The summed E-state index contributed by atoms with van der Waals surface area (Å²) in [6, 6.07) is 6.94. The van der Waals surface area contributed by atoms with Crippen LogP contribution in [0.1, 0.15) is 28.4 Å². The summed E-state index contributed by atoms with van der Waals surface area (Å²) >= 11 is 0. The first-order valence-corrected chi connectivity index (χ1v) is 7.54. The first kappa shape index (κ1) is 16.7. The van der Waals surface area contributed by atoms with Gasteiger partial charge in [-0.05, 0) is 18.2 Å². The molecule has 2 aromatic carbocycles. The van der Waals surface area contributed by atoms with Crippen LogP contribution in [0.2, 0.25) is 0 Å². The number of rotatable bonds is 3. The van der Waals surface area contributed by atoms with Gasteiger partial charge in [-0.1, -0.05) is 12.1 Å². The third kappa shape index (κ3) is 3.52. The Hall–Kier alpha value is -3.16. The molecule has 1 atom stereocenters. The van der Waals surface area contributed by atoms with Gasteiger partial charge in [-0.25, -0.2) is 13.6 Å². The van der Waals surface area contributed by atoms with E-state index in [0.717, 1.165) is 12.1 Å². The summed E-state index contributed by atoms with van der Waals surface area (Å²) in [5.74, 6) is -2.27. The van der Waals surface area contributed by atoms with Crippen LogP contribution in [0, 0.1) is 11.6 Å². The number of benzene rings is 2. The van der Waals surface area contributed by atoms with Crippen molar-refractivity contribution in [1.29, 1.82) is 0 Å². The molecule has 1 aliphatic rings. The van der Waals surface area contributed by atoms with Crippen LogP contribution in [-0.4, -0.2) is 18.5 Å². The number of nitrogens with two attached hydrogens (primary N) is 1. The van der Waals surface area contributed by atoms with E-state index in [1.165, 1.54) is 6.07 Å². The lowest BCUT2D eigenvalue weighted by Gasteiger charge is -2.27.